The summed E-state index contributed by atoms with van der Waals surface area (Å²) < 4.78 is 4.75. The maximum atomic E-state index is 4.75. The molecule has 0 aromatic carbocycles. The molecule has 0 bridgehead atoms. The lowest BCUT2D eigenvalue weighted by Crippen LogP contribution is -1.80. The maximum Gasteiger partial charge on any atom is 0.231 e. The summed E-state index contributed by atoms with van der Waals surface area (Å²) in [5.74, 6) is 1.21. The largest absolute Gasteiger partial charge is 0.480 e. The van der Waals surface area contributed by atoms with Crippen molar-refractivity contribution in [2.75, 3.05) is 7.11 Å². The van der Waals surface area contributed by atoms with Crippen LogP contribution in [0.2, 0.25) is 0 Å². The molecule has 1 N–H and O–H groups in total. The fraction of sp³-hybridized carbons (Fsp3) is 0.200. The van der Waals surface area contributed by atoms with Gasteiger partial charge in [-0.25, -0.2) is 0 Å². The number of ether oxygens (including phenoxy) is 1. The zero-order valence-electron chi connectivity index (χ0n) is 4.64. The predicted molar refractivity (Wildman–Crippen MR) is 29.6 cm³/mol. The van der Waals surface area contributed by atoms with E-state index in [-0.39, 0.29) is 0 Å². The van der Waals surface area contributed by atoms with Crippen LogP contribution >= 0.6 is 0 Å². The molecule has 8 heavy (non-hydrogen) atoms. The number of nitrogens with zero attached hydrogens (tertiary/aromatic N) is 1. The summed E-state index contributed by atoms with van der Waals surface area (Å²) in [5, 5.41) is 0. The minimum absolute atomic E-state index is 0.579. The summed E-state index contributed by atoms with van der Waals surface area (Å²) in [6.07, 6.45) is 1.66. The van der Waals surface area contributed by atoms with E-state index >= 15 is 0 Å². The Kier molecular flexibility index (Phi) is 1.20. The Hall–Kier alpha value is -0.990. The topological polar surface area (TPSA) is 37.9 Å². The van der Waals surface area contributed by atoms with E-state index in [4.69, 9.17) is 4.74 Å². The van der Waals surface area contributed by atoms with Crippen molar-refractivity contribution in [3.63, 3.8) is 0 Å². The van der Waals surface area contributed by atoms with Crippen LogP contribution in [0.4, 0.5) is 0 Å². The molecule has 3 heteroatoms. The van der Waals surface area contributed by atoms with Crippen molar-refractivity contribution in [2.24, 2.45) is 0 Å². The summed E-state index contributed by atoms with van der Waals surface area (Å²) in [6.45, 7) is 3.54. The molecule has 0 aliphatic carbocycles. The lowest BCUT2D eigenvalue weighted by molar-refractivity contribution is 0.400. The number of hydrogen-bond donors (Lipinski definition) is 1. The highest BCUT2D eigenvalue weighted by atomic mass is 16.5. The fourth-order valence-corrected chi connectivity index (χ4v) is 0.447. The van der Waals surface area contributed by atoms with Gasteiger partial charge in [-0.05, 0) is 0 Å². The van der Waals surface area contributed by atoms with E-state index in [1.807, 2.05) is 0 Å². The number of imidazole rings is 1. The molecule has 0 fully saturated rings. The third kappa shape index (κ3) is 0.804. The van der Waals surface area contributed by atoms with E-state index in [2.05, 4.69) is 16.9 Å². The lowest BCUT2D eigenvalue weighted by Gasteiger charge is -1.85. The molecule has 0 atom stereocenters. The van der Waals surface area contributed by atoms with Crippen LogP contribution in [0.5, 0.6) is 5.88 Å². The van der Waals surface area contributed by atoms with Gasteiger partial charge in [0.1, 0.15) is 5.82 Å². The molecule has 0 unspecified atom stereocenters. The summed E-state index contributed by atoms with van der Waals surface area (Å²) in [7, 11) is 1.57. The number of aromatic nitrogens is 2. The van der Waals surface area contributed by atoms with Crippen molar-refractivity contribution < 1.29 is 4.74 Å². The molecule has 0 spiro atoms. The quantitative estimate of drug-likeness (QED) is 0.576. The Bertz CT molecular complexity index is 171. The third-order valence-corrected chi connectivity index (χ3v) is 0.817. The van der Waals surface area contributed by atoms with Crippen molar-refractivity contribution in [1.29, 1.82) is 0 Å². The second-order valence-corrected chi connectivity index (χ2v) is 1.39. The van der Waals surface area contributed by atoms with Gasteiger partial charge in [0, 0.05) is 6.92 Å². The Morgan fingerprint density at radius 3 is 2.88 bits per heavy atom. The first kappa shape index (κ1) is 5.15. The van der Waals surface area contributed by atoms with Gasteiger partial charge in [0.2, 0.25) is 5.88 Å². The average Bonchev–Trinajstić information content (AvgIpc) is 2.14. The summed E-state index contributed by atoms with van der Waals surface area (Å²) in [6, 6.07) is 0. The molecule has 0 amide bonds. The van der Waals surface area contributed by atoms with Gasteiger partial charge >= 0.3 is 0 Å². The van der Waals surface area contributed by atoms with Crippen LogP contribution < -0.4 is 4.74 Å². The molecule has 1 aromatic heterocycles. The van der Waals surface area contributed by atoms with E-state index in [1.54, 1.807) is 13.3 Å². The molecule has 0 saturated heterocycles. The van der Waals surface area contributed by atoms with Crippen LogP contribution in [0.1, 0.15) is 5.82 Å². The van der Waals surface area contributed by atoms with Gasteiger partial charge in [-0.15, -0.1) is 0 Å². The summed E-state index contributed by atoms with van der Waals surface area (Å²) in [5.41, 5.74) is 0. The smallest absolute Gasteiger partial charge is 0.231 e. The Balaban J connectivity index is 2.84. The number of hydrogen-bond acceptors (Lipinski definition) is 2. The highest BCUT2D eigenvalue weighted by molar-refractivity contribution is 5.08. The standard InChI is InChI=1S/C5H7N2O/c1-4-6-3-5(7-4)8-2/h3H,1H2,2H3,(H,6,7). The maximum absolute atomic E-state index is 4.75. The zero-order chi connectivity index (χ0) is 5.98. The van der Waals surface area contributed by atoms with Crippen molar-refractivity contribution in [2.45, 2.75) is 0 Å². The number of H-pyrrole nitrogens is 1. The van der Waals surface area contributed by atoms with Crippen LogP contribution in [0, 0.1) is 6.92 Å². The van der Waals surface area contributed by atoms with E-state index in [0.29, 0.717) is 11.7 Å². The van der Waals surface area contributed by atoms with Crippen LogP contribution in [-0.2, 0) is 0 Å². The van der Waals surface area contributed by atoms with Crippen LogP contribution in [0.25, 0.3) is 0 Å². The number of aromatic amines is 1. The van der Waals surface area contributed by atoms with Gasteiger partial charge in [0.05, 0.1) is 13.3 Å². The highest BCUT2D eigenvalue weighted by Crippen LogP contribution is 2.02. The molecular weight excluding hydrogens is 104 g/mol. The molecular formula is C5H7N2O. The lowest BCUT2D eigenvalue weighted by atomic mass is 10.8. The molecule has 1 heterocycles. The Labute approximate surface area is 47.7 Å². The number of rotatable bonds is 1. The second-order valence-electron chi connectivity index (χ2n) is 1.39. The summed E-state index contributed by atoms with van der Waals surface area (Å²) in [4.78, 5) is 6.61. The first-order valence-corrected chi connectivity index (χ1v) is 2.24. The van der Waals surface area contributed by atoms with Gasteiger partial charge in [-0.3, -0.25) is 0 Å². The van der Waals surface area contributed by atoms with Gasteiger partial charge in [0.15, 0.2) is 0 Å². The van der Waals surface area contributed by atoms with Crippen molar-refractivity contribution in [3.8, 4) is 5.88 Å². The molecule has 0 aliphatic heterocycles. The Morgan fingerprint density at radius 2 is 2.62 bits per heavy atom. The molecule has 1 rings (SSSR count). The first-order chi connectivity index (χ1) is 3.83. The summed E-state index contributed by atoms with van der Waals surface area (Å²) >= 11 is 0. The highest BCUT2D eigenvalue weighted by Gasteiger charge is 1.91. The minimum atomic E-state index is 0.579. The predicted octanol–water partition coefficient (Wildman–Crippen LogP) is 0.600. The third-order valence-electron chi connectivity index (χ3n) is 0.817. The van der Waals surface area contributed by atoms with Crippen LogP contribution in [-0.4, -0.2) is 17.1 Å². The normalized spacial score (nSPS) is 9.25. The first-order valence-electron chi connectivity index (χ1n) is 2.24. The zero-order valence-corrected chi connectivity index (χ0v) is 4.64. The van der Waals surface area contributed by atoms with Gasteiger partial charge in [-0.2, -0.15) is 4.98 Å². The number of methoxy groups -OCH3 is 1. The van der Waals surface area contributed by atoms with Crippen molar-refractivity contribution >= 4 is 0 Å². The average molecular weight is 111 g/mol. The fourth-order valence-electron chi connectivity index (χ4n) is 0.447. The van der Waals surface area contributed by atoms with Gasteiger partial charge in [0.25, 0.3) is 0 Å². The minimum Gasteiger partial charge on any atom is -0.480 e. The van der Waals surface area contributed by atoms with Gasteiger partial charge in [-0.1, -0.05) is 0 Å². The molecule has 1 aromatic rings. The van der Waals surface area contributed by atoms with Gasteiger partial charge < -0.3 is 9.72 Å². The SMILES string of the molecule is [CH2]c1nc(OC)c[nH]1. The molecule has 0 aliphatic rings. The van der Waals surface area contributed by atoms with Crippen molar-refractivity contribution in [3.05, 3.63) is 18.9 Å². The van der Waals surface area contributed by atoms with Crippen molar-refractivity contribution in [1.82, 2.24) is 9.97 Å². The van der Waals surface area contributed by atoms with Crippen LogP contribution in [0.15, 0.2) is 6.20 Å². The Morgan fingerprint density at radius 1 is 1.88 bits per heavy atom. The van der Waals surface area contributed by atoms with E-state index in [1.165, 1.54) is 0 Å². The van der Waals surface area contributed by atoms with E-state index in [9.17, 15) is 0 Å². The second kappa shape index (κ2) is 1.86. The molecule has 1 radical (unpaired) electrons. The molecule has 43 valence electrons. The molecule has 3 nitrogen and oxygen atoms in total. The van der Waals surface area contributed by atoms with E-state index < -0.39 is 0 Å². The molecule has 0 saturated carbocycles. The number of nitrogens with one attached hydrogen (secondary N) is 1. The van der Waals surface area contributed by atoms with Crippen LogP contribution in [0.3, 0.4) is 0 Å². The monoisotopic (exact) mass is 111 g/mol. The van der Waals surface area contributed by atoms with E-state index in [0.717, 1.165) is 0 Å².